The number of hydrogen-bond donors (Lipinski definition) is 0. The van der Waals surface area contributed by atoms with Crippen molar-refractivity contribution < 1.29 is 4.74 Å². The first-order chi connectivity index (χ1) is 9.43. The van der Waals surface area contributed by atoms with Crippen LogP contribution in [0.2, 0.25) is 0 Å². The molecule has 0 radical (unpaired) electrons. The van der Waals surface area contributed by atoms with E-state index in [1.165, 1.54) is 61.8 Å². The molecule has 4 rings (SSSR count). The molecule has 19 heavy (non-hydrogen) atoms. The highest BCUT2D eigenvalue weighted by Gasteiger charge is 2.37. The predicted octanol–water partition coefficient (Wildman–Crippen LogP) is 4.93. The lowest BCUT2D eigenvalue weighted by Gasteiger charge is -2.23. The highest BCUT2D eigenvalue weighted by Crippen LogP contribution is 2.49. The average Bonchev–Trinajstić information content (AvgIpc) is 2.87. The van der Waals surface area contributed by atoms with Gasteiger partial charge in [-0.15, -0.1) is 0 Å². The summed E-state index contributed by atoms with van der Waals surface area (Å²) >= 11 is 0. The van der Waals surface area contributed by atoms with Crippen LogP contribution in [0.3, 0.4) is 0 Å². The van der Waals surface area contributed by atoms with Crippen LogP contribution in [0.5, 0.6) is 5.75 Å². The number of hydrogen-bond acceptors (Lipinski definition) is 1. The Kier molecular flexibility index (Phi) is 2.86. The number of para-hydroxylation sites is 1. The van der Waals surface area contributed by atoms with E-state index < -0.39 is 0 Å². The first kappa shape index (κ1) is 11.6. The van der Waals surface area contributed by atoms with Gasteiger partial charge in [-0.05, 0) is 38.5 Å². The third-order valence-electron chi connectivity index (χ3n) is 5.10. The summed E-state index contributed by atoms with van der Waals surface area (Å²) in [6, 6.07) is 6.84. The van der Waals surface area contributed by atoms with Gasteiger partial charge in [-0.2, -0.15) is 0 Å². The van der Waals surface area contributed by atoms with E-state index in [1.807, 2.05) is 0 Å². The zero-order chi connectivity index (χ0) is 12.7. The molecule has 0 aromatic heterocycles. The molecule has 1 aliphatic heterocycles. The Morgan fingerprint density at radius 1 is 0.947 bits per heavy atom. The minimum absolute atomic E-state index is 0.470. The molecule has 0 bridgehead atoms. The number of fused-ring (bicyclic) bond motifs is 3. The van der Waals surface area contributed by atoms with Crippen LogP contribution in [0.1, 0.15) is 67.9 Å². The fourth-order valence-corrected chi connectivity index (χ4v) is 4.11. The molecule has 0 spiro atoms. The van der Waals surface area contributed by atoms with Gasteiger partial charge in [0.1, 0.15) is 11.9 Å². The molecule has 1 fully saturated rings. The molecule has 1 aromatic rings. The molecular formula is C18H22O. The van der Waals surface area contributed by atoms with Gasteiger partial charge >= 0.3 is 0 Å². The number of benzene rings is 1. The Bertz CT molecular complexity index is 502. The summed E-state index contributed by atoms with van der Waals surface area (Å²) in [6.07, 6.45) is 14.3. The second-order valence-corrected chi connectivity index (χ2v) is 6.28. The SMILES string of the molecule is C1=CC(c2cccc3c2OC2CCCCC32)CCC1. The van der Waals surface area contributed by atoms with Crippen LogP contribution in [-0.2, 0) is 0 Å². The Hall–Kier alpha value is -1.24. The zero-order valence-corrected chi connectivity index (χ0v) is 11.5. The third-order valence-corrected chi connectivity index (χ3v) is 5.10. The van der Waals surface area contributed by atoms with E-state index in [0.717, 1.165) is 0 Å². The van der Waals surface area contributed by atoms with Crippen molar-refractivity contribution in [3.8, 4) is 5.75 Å². The normalized spacial score (nSPS) is 32.5. The van der Waals surface area contributed by atoms with Gasteiger partial charge < -0.3 is 4.74 Å². The molecule has 1 nitrogen and oxygen atoms in total. The summed E-state index contributed by atoms with van der Waals surface area (Å²) in [6.45, 7) is 0. The van der Waals surface area contributed by atoms with Crippen LogP contribution >= 0.6 is 0 Å². The van der Waals surface area contributed by atoms with Gasteiger partial charge in [-0.25, -0.2) is 0 Å². The van der Waals surface area contributed by atoms with E-state index >= 15 is 0 Å². The molecule has 100 valence electrons. The van der Waals surface area contributed by atoms with E-state index in [2.05, 4.69) is 30.4 Å². The second kappa shape index (κ2) is 4.70. The smallest absolute Gasteiger partial charge is 0.127 e. The average molecular weight is 254 g/mol. The lowest BCUT2D eigenvalue weighted by atomic mass is 9.81. The molecule has 0 amide bonds. The van der Waals surface area contributed by atoms with Crippen LogP contribution in [0.25, 0.3) is 0 Å². The van der Waals surface area contributed by atoms with Gasteiger partial charge in [-0.1, -0.05) is 36.8 Å². The minimum Gasteiger partial charge on any atom is -0.489 e. The summed E-state index contributed by atoms with van der Waals surface area (Å²) in [4.78, 5) is 0. The van der Waals surface area contributed by atoms with Crippen LogP contribution in [0.4, 0.5) is 0 Å². The van der Waals surface area contributed by atoms with Gasteiger partial charge in [0.15, 0.2) is 0 Å². The quantitative estimate of drug-likeness (QED) is 0.646. The van der Waals surface area contributed by atoms with Crippen molar-refractivity contribution >= 4 is 0 Å². The van der Waals surface area contributed by atoms with E-state index in [1.54, 1.807) is 0 Å². The van der Waals surface area contributed by atoms with Crippen LogP contribution in [0, 0.1) is 0 Å². The second-order valence-electron chi connectivity index (χ2n) is 6.28. The van der Waals surface area contributed by atoms with Crippen molar-refractivity contribution in [1.82, 2.24) is 0 Å². The molecular weight excluding hydrogens is 232 g/mol. The maximum Gasteiger partial charge on any atom is 0.127 e. The molecule has 1 heteroatoms. The van der Waals surface area contributed by atoms with Gasteiger partial charge in [0.25, 0.3) is 0 Å². The van der Waals surface area contributed by atoms with Crippen LogP contribution < -0.4 is 4.74 Å². The number of rotatable bonds is 1. The molecule has 1 aromatic carbocycles. The fourth-order valence-electron chi connectivity index (χ4n) is 4.11. The Morgan fingerprint density at radius 2 is 1.84 bits per heavy atom. The standard InChI is InChI=1S/C18H22O/c1-2-7-13(8-3-1)14-10-6-11-16-15-9-4-5-12-17(15)19-18(14)16/h2,6-7,10-11,13,15,17H,1,3-5,8-9,12H2. The molecule has 1 heterocycles. The molecule has 3 atom stereocenters. The predicted molar refractivity (Wildman–Crippen MR) is 77.8 cm³/mol. The number of ether oxygens (including phenoxy) is 1. The molecule has 2 aliphatic carbocycles. The first-order valence-corrected chi connectivity index (χ1v) is 7.89. The monoisotopic (exact) mass is 254 g/mol. The van der Waals surface area contributed by atoms with E-state index in [9.17, 15) is 0 Å². The Labute approximate surface area is 115 Å². The van der Waals surface area contributed by atoms with E-state index in [0.29, 0.717) is 17.9 Å². The molecule has 0 saturated heterocycles. The van der Waals surface area contributed by atoms with E-state index in [-0.39, 0.29) is 0 Å². The first-order valence-electron chi connectivity index (χ1n) is 7.89. The minimum atomic E-state index is 0.470. The summed E-state index contributed by atoms with van der Waals surface area (Å²) in [5.74, 6) is 2.51. The zero-order valence-electron chi connectivity index (χ0n) is 11.5. The summed E-state index contributed by atoms with van der Waals surface area (Å²) in [7, 11) is 0. The van der Waals surface area contributed by atoms with Gasteiger partial charge in [0, 0.05) is 23.0 Å². The Balaban J connectivity index is 1.73. The van der Waals surface area contributed by atoms with Crippen LogP contribution in [-0.4, -0.2) is 6.10 Å². The third kappa shape index (κ3) is 1.91. The van der Waals surface area contributed by atoms with Crippen molar-refractivity contribution in [3.05, 3.63) is 41.5 Å². The molecule has 3 unspecified atom stereocenters. The highest BCUT2D eigenvalue weighted by atomic mass is 16.5. The highest BCUT2D eigenvalue weighted by molar-refractivity contribution is 5.50. The van der Waals surface area contributed by atoms with Crippen molar-refractivity contribution in [2.24, 2.45) is 0 Å². The molecule has 1 saturated carbocycles. The lowest BCUT2D eigenvalue weighted by Crippen LogP contribution is -2.22. The molecule has 0 N–H and O–H groups in total. The number of allylic oxidation sites excluding steroid dienone is 2. The summed E-state index contributed by atoms with van der Waals surface area (Å²) < 4.78 is 6.36. The lowest BCUT2D eigenvalue weighted by molar-refractivity contribution is 0.162. The van der Waals surface area contributed by atoms with Crippen molar-refractivity contribution in [3.63, 3.8) is 0 Å². The summed E-state index contributed by atoms with van der Waals surface area (Å²) in [5, 5.41) is 0. The molecule has 3 aliphatic rings. The topological polar surface area (TPSA) is 9.23 Å². The maximum atomic E-state index is 6.36. The van der Waals surface area contributed by atoms with Crippen molar-refractivity contribution in [1.29, 1.82) is 0 Å². The van der Waals surface area contributed by atoms with Gasteiger partial charge in [0.2, 0.25) is 0 Å². The summed E-state index contributed by atoms with van der Waals surface area (Å²) in [5.41, 5.74) is 2.95. The van der Waals surface area contributed by atoms with Gasteiger partial charge in [-0.3, -0.25) is 0 Å². The van der Waals surface area contributed by atoms with E-state index in [4.69, 9.17) is 4.74 Å². The largest absolute Gasteiger partial charge is 0.489 e. The van der Waals surface area contributed by atoms with Crippen LogP contribution in [0.15, 0.2) is 30.4 Å². The van der Waals surface area contributed by atoms with Crippen molar-refractivity contribution in [2.45, 2.75) is 62.9 Å². The Morgan fingerprint density at radius 3 is 2.74 bits per heavy atom. The maximum absolute atomic E-state index is 6.36. The van der Waals surface area contributed by atoms with Gasteiger partial charge in [0.05, 0.1) is 0 Å². The fraction of sp³-hybridized carbons (Fsp3) is 0.556. The van der Waals surface area contributed by atoms with Crippen molar-refractivity contribution in [2.75, 3.05) is 0 Å².